The van der Waals surface area contributed by atoms with Crippen molar-refractivity contribution in [1.29, 1.82) is 0 Å². The van der Waals surface area contributed by atoms with Gasteiger partial charge in [0.25, 0.3) is 0 Å². The first-order chi connectivity index (χ1) is 11.6. The predicted molar refractivity (Wildman–Crippen MR) is 95.1 cm³/mol. The van der Waals surface area contributed by atoms with Crippen LogP contribution in [0.2, 0.25) is 0 Å². The zero-order valence-electron chi connectivity index (χ0n) is 14.2. The van der Waals surface area contributed by atoms with Crippen molar-refractivity contribution in [2.24, 2.45) is 5.73 Å². The molecule has 3 N–H and O–H groups in total. The van der Waals surface area contributed by atoms with Gasteiger partial charge >= 0.3 is 0 Å². The summed E-state index contributed by atoms with van der Waals surface area (Å²) in [7, 11) is 0. The van der Waals surface area contributed by atoms with E-state index in [2.05, 4.69) is 11.9 Å². The molecule has 0 aromatic heterocycles. The van der Waals surface area contributed by atoms with E-state index in [-0.39, 0.29) is 12.5 Å². The van der Waals surface area contributed by atoms with E-state index in [1.54, 1.807) is 0 Å². The Morgan fingerprint density at radius 3 is 2.54 bits per heavy atom. The monoisotopic (exact) mass is 332 g/mol. The van der Waals surface area contributed by atoms with Crippen LogP contribution in [-0.4, -0.2) is 24.5 Å². The van der Waals surface area contributed by atoms with Crippen LogP contribution in [0.25, 0.3) is 0 Å². The molecule has 1 aromatic carbocycles. The molecule has 0 unspecified atom stereocenters. The Morgan fingerprint density at radius 2 is 1.88 bits per heavy atom. The molecule has 1 rings (SSSR count). The van der Waals surface area contributed by atoms with E-state index >= 15 is 0 Å². The summed E-state index contributed by atoms with van der Waals surface area (Å²) in [5.74, 6) is -0.820. The lowest BCUT2D eigenvalue weighted by Crippen LogP contribution is -2.45. The van der Waals surface area contributed by atoms with E-state index < -0.39 is 11.9 Å². The van der Waals surface area contributed by atoms with Crippen molar-refractivity contribution in [2.45, 2.75) is 51.2 Å². The van der Waals surface area contributed by atoms with Crippen LogP contribution in [0, 0.1) is 0 Å². The molecule has 1 aromatic rings. The van der Waals surface area contributed by atoms with Crippen LogP contribution >= 0.6 is 0 Å². The highest BCUT2D eigenvalue weighted by Gasteiger charge is 2.17. The maximum Gasteiger partial charge on any atom is 0.246 e. The lowest BCUT2D eigenvalue weighted by atomic mass is 10.1. The summed E-state index contributed by atoms with van der Waals surface area (Å²) in [4.78, 5) is 23.3. The fourth-order valence-electron chi connectivity index (χ4n) is 2.35. The summed E-state index contributed by atoms with van der Waals surface area (Å²) < 4.78 is 5.36. The van der Waals surface area contributed by atoms with Crippen molar-refractivity contribution in [3.8, 4) is 0 Å². The Bertz CT molecular complexity index is 503. The van der Waals surface area contributed by atoms with E-state index in [1.807, 2.05) is 36.4 Å². The van der Waals surface area contributed by atoms with Gasteiger partial charge in [-0.15, -0.1) is 6.58 Å². The average Bonchev–Trinajstić information content (AvgIpc) is 2.57. The highest BCUT2D eigenvalue weighted by molar-refractivity contribution is 5.86. The maximum atomic E-state index is 11.9. The van der Waals surface area contributed by atoms with E-state index in [9.17, 15) is 9.59 Å². The maximum absolute atomic E-state index is 11.9. The van der Waals surface area contributed by atoms with Crippen LogP contribution in [-0.2, 0) is 20.9 Å². The van der Waals surface area contributed by atoms with Crippen LogP contribution in [0.15, 0.2) is 43.0 Å². The fourth-order valence-corrected chi connectivity index (χ4v) is 2.35. The van der Waals surface area contributed by atoms with Gasteiger partial charge in [0.05, 0.1) is 6.61 Å². The number of unbranched alkanes of at least 4 members (excludes halogenated alkanes) is 4. The third-order valence-corrected chi connectivity index (χ3v) is 3.67. The zero-order chi connectivity index (χ0) is 17.6. The molecule has 0 heterocycles. The van der Waals surface area contributed by atoms with E-state index in [1.165, 1.54) is 0 Å². The Kier molecular flexibility index (Phi) is 10.2. The number of carbonyl (C=O) groups is 2. The quantitative estimate of drug-likeness (QED) is 0.430. The summed E-state index contributed by atoms with van der Waals surface area (Å²) in [6, 6.07) is 8.98. The van der Waals surface area contributed by atoms with Gasteiger partial charge in [-0.3, -0.25) is 9.59 Å². The summed E-state index contributed by atoms with van der Waals surface area (Å²) in [5, 5.41) is 2.65. The second kappa shape index (κ2) is 12.3. The molecule has 0 aliphatic heterocycles. The fraction of sp³-hybridized carbons (Fsp3) is 0.474. The number of rotatable bonds is 13. The minimum atomic E-state index is -0.628. The van der Waals surface area contributed by atoms with Crippen LogP contribution in [0.1, 0.15) is 44.1 Å². The Hall–Kier alpha value is -2.14. The van der Waals surface area contributed by atoms with Gasteiger partial charge in [0.2, 0.25) is 11.8 Å². The second-order valence-corrected chi connectivity index (χ2v) is 5.78. The van der Waals surface area contributed by atoms with Crippen molar-refractivity contribution < 1.29 is 14.3 Å². The molecule has 1 atom stereocenters. The van der Waals surface area contributed by atoms with Gasteiger partial charge in [0.15, 0.2) is 0 Å². The normalized spacial score (nSPS) is 11.7. The minimum Gasteiger partial charge on any atom is -0.368 e. The van der Waals surface area contributed by atoms with Gasteiger partial charge in [0.1, 0.15) is 12.6 Å². The van der Waals surface area contributed by atoms with Crippen molar-refractivity contribution in [1.82, 2.24) is 5.32 Å². The van der Waals surface area contributed by atoms with Gasteiger partial charge in [-0.25, -0.2) is 0 Å². The topological polar surface area (TPSA) is 81.4 Å². The number of allylic oxidation sites excluding steroid dienone is 1. The summed E-state index contributed by atoms with van der Waals surface area (Å²) >= 11 is 0. The zero-order valence-corrected chi connectivity index (χ0v) is 14.2. The highest BCUT2D eigenvalue weighted by Crippen LogP contribution is 2.08. The van der Waals surface area contributed by atoms with Crippen molar-refractivity contribution in [2.75, 3.05) is 6.61 Å². The molecule has 2 amide bonds. The molecular formula is C19H28N2O3. The van der Waals surface area contributed by atoms with Crippen LogP contribution in [0.5, 0.6) is 0 Å². The second-order valence-electron chi connectivity index (χ2n) is 5.78. The number of hydrogen-bond acceptors (Lipinski definition) is 3. The molecule has 0 fully saturated rings. The Labute approximate surface area is 144 Å². The molecule has 0 spiro atoms. The standard InChI is InChI=1S/C19H28N2O3/c1-2-3-4-5-6-10-13-17(19(20)23)21-18(22)15-24-14-16-11-8-7-9-12-16/h2,7-9,11-12,17H,1,3-6,10,13-15H2,(H2,20,23)(H,21,22)/t17-/m1/s1. The van der Waals surface area contributed by atoms with E-state index in [0.717, 1.165) is 37.7 Å². The smallest absolute Gasteiger partial charge is 0.246 e. The van der Waals surface area contributed by atoms with Gasteiger partial charge in [-0.1, -0.05) is 55.7 Å². The molecule has 132 valence electrons. The van der Waals surface area contributed by atoms with Crippen LogP contribution in [0.3, 0.4) is 0 Å². The number of ether oxygens (including phenoxy) is 1. The van der Waals surface area contributed by atoms with Gasteiger partial charge in [0, 0.05) is 0 Å². The number of nitrogens with one attached hydrogen (secondary N) is 1. The third-order valence-electron chi connectivity index (χ3n) is 3.67. The molecule has 0 bridgehead atoms. The number of benzene rings is 1. The molecule has 24 heavy (non-hydrogen) atoms. The average molecular weight is 332 g/mol. The molecule has 0 aliphatic carbocycles. The van der Waals surface area contributed by atoms with E-state index in [0.29, 0.717) is 13.0 Å². The predicted octanol–water partition coefficient (Wildman–Crippen LogP) is 2.70. The van der Waals surface area contributed by atoms with Gasteiger partial charge in [-0.2, -0.15) is 0 Å². The Morgan fingerprint density at radius 1 is 1.17 bits per heavy atom. The lowest BCUT2D eigenvalue weighted by Gasteiger charge is -2.15. The van der Waals surface area contributed by atoms with Crippen molar-refractivity contribution in [3.63, 3.8) is 0 Å². The SMILES string of the molecule is C=CCCCCCC[C@@H](NC(=O)COCc1ccccc1)C(N)=O. The molecule has 0 saturated heterocycles. The largest absolute Gasteiger partial charge is 0.368 e. The first-order valence-corrected chi connectivity index (χ1v) is 8.44. The van der Waals surface area contributed by atoms with Crippen molar-refractivity contribution in [3.05, 3.63) is 48.6 Å². The number of hydrogen-bond donors (Lipinski definition) is 2. The molecule has 5 heteroatoms. The molecule has 0 aliphatic rings. The minimum absolute atomic E-state index is 0.0853. The van der Waals surface area contributed by atoms with Gasteiger partial charge in [-0.05, 0) is 24.8 Å². The van der Waals surface area contributed by atoms with E-state index in [4.69, 9.17) is 10.5 Å². The summed E-state index contributed by atoms with van der Waals surface area (Å²) in [5.41, 5.74) is 6.36. The molecule has 5 nitrogen and oxygen atoms in total. The number of nitrogens with two attached hydrogens (primary N) is 1. The van der Waals surface area contributed by atoms with Crippen LogP contribution < -0.4 is 11.1 Å². The van der Waals surface area contributed by atoms with Gasteiger partial charge < -0.3 is 15.8 Å². The van der Waals surface area contributed by atoms with Crippen molar-refractivity contribution >= 4 is 11.8 Å². The first-order valence-electron chi connectivity index (χ1n) is 8.44. The number of carbonyl (C=O) groups excluding carboxylic acids is 2. The lowest BCUT2D eigenvalue weighted by molar-refractivity contribution is -0.130. The summed E-state index contributed by atoms with van der Waals surface area (Å²) in [6.45, 7) is 3.96. The third kappa shape index (κ3) is 9.10. The number of amides is 2. The highest BCUT2D eigenvalue weighted by atomic mass is 16.5. The summed E-state index contributed by atoms with van der Waals surface area (Å²) in [6.07, 6.45) is 7.54. The molecular weight excluding hydrogens is 304 g/mol. The van der Waals surface area contributed by atoms with Crippen LogP contribution in [0.4, 0.5) is 0 Å². The molecule has 0 saturated carbocycles. The first kappa shape index (κ1) is 19.9. The molecule has 0 radical (unpaired) electrons. The Balaban J connectivity index is 2.22. The number of primary amides is 1.